The summed E-state index contributed by atoms with van der Waals surface area (Å²) >= 11 is -1.93. The Bertz CT molecular complexity index is 626. The predicted octanol–water partition coefficient (Wildman–Crippen LogP) is 2.95. The maximum atomic E-state index is 13.2. The molecule has 0 bridgehead atoms. The highest BCUT2D eigenvalue weighted by molar-refractivity contribution is 7.78. The smallest absolute Gasteiger partial charge is 0.424 e. The van der Waals surface area contributed by atoms with Crippen LogP contribution < -0.4 is 0 Å². The number of hydrogen-bond donors (Lipinski definition) is 0. The Balaban J connectivity index is 2.10. The number of rotatable bonds is 3. The van der Waals surface area contributed by atoms with Crippen molar-refractivity contribution in [2.75, 3.05) is 6.61 Å². The van der Waals surface area contributed by atoms with E-state index in [-0.39, 0.29) is 18.7 Å². The van der Waals surface area contributed by atoms with Crippen LogP contribution in [0.1, 0.15) is 39.0 Å². The van der Waals surface area contributed by atoms with Crippen molar-refractivity contribution in [2.24, 2.45) is 0 Å². The number of pyridine rings is 1. The van der Waals surface area contributed by atoms with Crippen LogP contribution >= 0.6 is 0 Å². The molecule has 2 heterocycles. The van der Waals surface area contributed by atoms with Crippen molar-refractivity contribution in [1.82, 2.24) is 9.29 Å². The van der Waals surface area contributed by atoms with Crippen LogP contribution in [0.5, 0.6) is 0 Å². The highest BCUT2D eigenvalue weighted by Crippen LogP contribution is 2.26. The molecule has 134 valence electrons. The largest absolute Gasteiger partial charge is 0.443 e. The normalized spacial score (nSPS) is 21.8. The van der Waals surface area contributed by atoms with E-state index in [0.29, 0.717) is 5.56 Å². The number of amides is 1. The number of carbonyl (C=O) groups is 1. The number of halogens is 2. The van der Waals surface area contributed by atoms with Crippen molar-refractivity contribution < 1.29 is 26.7 Å². The minimum Gasteiger partial charge on any atom is -0.443 e. The molecular weight excluding hydrogens is 342 g/mol. The summed E-state index contributed by atoms with van der Waals surface area (Å²) in [7, 11) is 0. The number of ether oxygens (including phenoxy) is 1. The van der Waals surface area contributed by atoms with Gasteiger partial charge in [0.1, 0.15) is 11.3 Å². The van der Waals surface area contributed by atoms with Crippen LogP contribution in [0, 0.1) is 0 Å². The quantitative estimate of drug-likeness (QED) is 0.827. The maximum absolute atomic E-state index is 13.2. The summed E-state index contributed by atoms with van der Waals surface area (Å²) in [6, 6.07) is 2.23. The van der Waals surface area contributed by atoms with Crippen LogP contribution in [-0.2, 0) is 32.5 Å². The second kappa shape index (κ2) is 6.72. The molecule has 9 heteroatoms. The third-order valence-electron chi connectivity index (χ3n) is 3.17. The molecule has 6 nitrogen and oxygen atoms in total. The van der Waals surface area contributed by atoms with Gasteiger partial charge in [0.15, 0.2) is 0 Å². The first-order chi connectivity index (χ1) is 11.0. The summed E-state index contributed by atoms with van der Waals surface area (Å²) < 4.78 is 49.5. The van der Waals surface area contributed by atoms with E-state index in [2.05, 4.69) is 4.98 Å². The average Bonchev–Trinajstić information content (AvgIpc) is 2.77. The van der Waals surface area contributed by atoms with Gasteiger partial charge >= 0.3 is 6.09 Å². The molecular formula is C15H20F2N2O4S. The van der Waals surface area contributed by atoms with Crippen molar-refractivity contribution >= 4 is 17.4 Å². The summed E-state index contributed by atoms with van der Waals surface area (Å²) in [4.78, 5) is 15.9. The van der Waals surface area contributed by atoms with Crippen LogP contribution in [0.2, 0.25) is 0 Å². The van der Waals surface area contributed by atoms with Gasteiger partial charge in [0.2, 0.25) is 0 Å². The Morgan fingerprint density at radius 2 is 2.08 bits per heavy atom. The standard InChI is InChI=1S/C15H20F2N2O4S/c1-14(2,3)23-13(20)19-11(9-22-24(19)21)7-10-5-6-12(18-8-10)15(4,16)17/h5-6,8,11H,7,9H2,1-4H3. The molecule has 2 unspecified atom stereocenters. The van der Waals surface area contributed by atoms with Crippen molar-refractivity contribution in [1.29, 1.82) is 0 Å². The fourth-order valence-electron chi connectivity index (χ4n) is 2.12. The van der Waals surface area contributed by atoms with Gasteiger partial charge in [-0.15, -0.1) is 0 Å². The molecule has 1 aliphatic heterocycles. The fraction of sp³-hybridized carbons (Fsp3) is 0.600. The van der Waals surface area contributed by atoms with E-state index in [1.165, 1.54) is 18.3 Å². The molecule has 1 aliphatic rings. The van der Waals surface area contributed by atoms with Crippen LogP contribution in [-0.4, -0.2) is 37.8 Å². The number of carbonyl (C=O) groups excluding carboxylic acids is 1. The molecule has 2 rings (SSSR count). The van der Waals surface area contributed by atoms with Gasteiger partial charge in [-0.05, 0) is 38.8 Å². The van der Waals surface area contributed by atoms with Crippen molar-refractivity contribution in [3.8, 4) is 0 Å². The van der Waals surface area contributed by atoms with Gasteiger partial charge in [0, 0.05) is 13.1 Å². The predicted molar refractivity (Wildman–Crippen MR) is 83.5 cm³/mol. The number of hydrogen-bond acceptors (Lipinski definition) is 5. The van der Waals surface area contributed by atoms with E-state index in [1.54, 1.807) is 20.8 Å². The van der Waals surface area contributed by atoms with E-state index < -0.39 is 34.9 Å². The van der Waals surface area contributed by atoms with Gasteiger partial charge in [-0.25, -0.2) is 9.00 Å². The van der Waals surface area contributed by atoms with Crippen LogP contribution in [0.4, 0.5) is 13.6 Å². The SMILES string of the molecule is CC(C)(C)OC(=O)N1C(Cc2ccc(C(C)(F)F)nc2)COS1=O. The van der Waals surface area contributed by atoms with E-state index in [4.69, 9.17) is 8.92 Å². The molecule has 2 atom stereocenters. The van der Waals surface area contributed by atoms with Crippen LogP contribution in [0.25, 0.3) is 0 Å². The third-order valence-corrected chi connectivity index (χ3v) is 4.28. The summed E-state index contributed by atoms with van der Waals surface area (Å²) in [5.74, 6) is -3.01. The van der Waals surface area contributed by atoms with Gasteiger partial charge in [-0.2, -0.15) is 13.1 Å². The maximum Gasteiger partial charge on any atom is 0.424 e. The van der Waals surface area contributed by atoms with E-state index >= 15 is 0 Å². The van der Waals surface area contributed by atoms with E-state index in [1.807, 2.05) is 0 Å². The van der Waals surface area contributed by atoms with Crippen molar-refractivity contribution in [3.05, 3.63) is 29.6 Å². The summed E-state index contributed by atoms with van der Waals surface area (Å²) in [6.45, 7) is 5.94. The highest BCUT2D eigenvalue weighted by Gasteiger charge is 2.39. The summed E-state index contributed by atoms with van der Waals surface area (Å²) in [5, 5.41) is 0. The lowest BCUT2D eigenvalue weighted by atomic mass is 10.1. The molecule has 0 spiro atoms. The lowest BCUT2D eigenvalue weighted by Gasteiger charge is -2.25. The van der Waals surface area contributed by atoms with Gasteiger partial charge in [0.05, 0.1) is 12.6 Å². The van der Waals surface area contributed by atoms with Gasteiger partial charge in [-0.1, -0.05) is 6.07 Å². The van der Waals surface area contributed by atoms with Gasteiger partial charge in [-0.3, -0.25) is 9.17 Å². The first kappa shape index (κ1) is 18.7. The molecule has 0 aliphatic carbocycles. The molecule has 0 saturated carbocycles. The lowest BCUT2D eigenvalue weighted by Crippen LogP contribution is -2.41. The molecule has 1 saturated heterocycles. The Kier molecular flexibility index (Phi) is 5.24. The molecule has 1 fully saturated rings. The Labute approximate surface area is 141 Å². The van der Waals surface area contributed by atoms with Crippen molar-refractivity contribution in [2.45, 2.75) is 51.7 Å². The zero-order chi connectivity index (χ0) is 18.1. The highest BCUT2D eigenvalue weighted by atomic mass is 32.2. The van der Waals surface area contributed by atoms with Crippen molar-refractivity contribution in [3.63, 3.8) is 0 Å². The zero-order valence-corrected chi connectivity index (χ0v) is 14.7. The number of aromatic nitrogens is 1. The summed E-state index contributed by atoms with van der Waals surface area (Å²) in [5.41, 5.74) is -0.435. The van der Waals surface area contributed by atoms with Crippen LogP contribution in [0.15, 0.2) is 18.3 Å². The first-order valence-electron chi connectivity index (χ1n) is 7.38. The van der Waals surface area contributed by atoms with E-state index in [0.717, 1.165) is 11.2 Å². The molecule has 1 aromatic heterocycles. The minimum atomic E-state index is -3.01. The average molecular weight is 362 g/mol. The molecule has 0 N–H and O–H groups in total. The second-order valence-corrected chi connectivity index (χ2v) is 7.67. The molecule has 1 amide bonds. The zero-order valence-electron chi connectivity index (χ0n) is 13.9. The second-order valence-electron chi connectivity index (χ2n) is 6.61. The Morgan fingerprint density at radius 3 is 2.58 bits per heavy atom. The fourth-order valence-corrected chi connectivity index (χ4v) is 3.04. The number of nitrogens with zero attached hydrogens (tertiary/aromatic N) is 2. The van der Waals surface area contributed by atoms with E-state index in [9.17, 15) is 17.8 Å². The monoisotopic (exact) mass is 362 g/mol. The molecule has 0 radical (unpaired) electrons. The van der Waals surface area contributed by atoms with Gasteiger partial charge < -0.3 is 4.74 Å². The molecule has 24 heavy (non-hydrogen) atoms. The lowest BCUT2D eigenvalue weighted by molar-refractivity contribution is 0.0127. The topological polar surface area (TPSA) is 68.7 Å². The Hall–Kier alpha value is -1.61. The third kappa shape index (κ3) is 4.70. The summed E-state index contributed by atoms with van der Waals surface area (Å²) in [6.07, 6.45) is 0.849. The first-order valence-corrected chi connectivity index (χ1v) is 8.41. The minimum absolute atomic E-state index is 0.0670. The van der Waals surface area contributed by atoms with Crippen LogP contribution in [0.3, 0.4) is 0 Å². The Morgan fingerprint density at radius 1 is 1.42 bits per heavy atom. The molecule has 0 aromatic carbocycles. The number of alkyl halides is 2. The van der Waals surface area contributed by atoms with Gasteiger partial charge in [0.25, 0.3) is 17.2 Å². The molecule has 1 aromatic rings.